The number of carbonyl (C=O) groups excluding carboxylic acids is 1. The van der Waals surface area contributed by atoms with E-state index in [9.17, 15) is 14.4 Å². The van der Waals surface area contributed by atoms with E-state index in [1.54, 1.807) is 24.3 Å². The van der Waals surface area contributed by atoms with Crippen LogP contribution in [0.15, 0.2) is 46.1 Å². The molecule has 2 heterocycles. The van der Waals surface area contributed by atoms with Gasteiger partial charge in [-0.3, -0.25) is 18.7 Å². The number of fused-ring (bicyclic) bond motifs is 1. The molecular weight excluding hydrogens is 360 g/mol. The maximum Gasteiger partial charge on any atom is 0.332 e. The van der Waals surface area contributed by atoms with Gasteiger partial charge in [0.15, 0.2) is 6.61 Å². The van der Waals surface area contributed by atoms with E-state index in [-0.39, 0.29) is 17.6 Å². The molecule has 2 aromatic heterocycles. The van der Waals surface area contributed by atoms with Crippen LogP contribution in [0.3, 0.4) is 0 Å². The number of aromatic nitrogens is 3. The Bertz CT molecular complexity index is 1120. The SMILES string of the molecule is Cn1c(=O)c2cc(NC(=O)COc3ccccc3Cl)cnc2n(C)c1=O. The van der Waals surface area contributed by atoms with E-state index in [4.69, 9.17) is 16.3 Å². The van der Waals surface area contributed by atoms with Gasteiger partial charge in [-0.25, -0.2) is 9.78 Å². The highest BCUT2D eigenvalue weighted by molar-refractivity contribution is 6.32. The highest BCUT2D eigenvalue weighted by Crippen LogP contribution is 2.23. The topological polar surface area (TPSA) is 95.2 Å². The minimum absolute atomic E-state index is 0.222. The average molecular weight is 375 g/mol. The number of nitrogens with zero attached hydrogens (tertiary/aromatic N) is 3. The fraction of sp³-hybridized carbons (Fsp3) is 0.176. The van der Waals surface area contributed by atoms with Crippen molar-refractivity contribution in [3.8, 4) is 5.75 Å². The Morgan fingerprint density at radius 2 is 1.96 bits per heavy atom. The van der Waals surface area contributed by atoms with Crippen LogP contribution in [0.2, 0.25) is 5.02 Å². The zero-order valence-corrected chi connectivity index (χ0v) is 14.8. The Morgan fingerprint density at radius 1 is 1.23 bits per heavy atom. The highest BCUT2D eigenvalue weighted by atomic mass is 35.5. The summed E-state index contributed by atoms with van der Waals surface area (Å²) in [4.78, 5) is 40.3. The molecule has 0 atom stereocenters. The summed E-state index contributed by atoms with van der Waals surface area (Å²) in [5.74, 6) is -0.0439. The molecular formula is C17H15ClN4O4. The van der Waals surface area contributed by atoms with E-state index < -0.39 is 17.2 Å². The summed E-state index contributed by atoms with van der Waals surface area (Å²) in [6, 6.07) is 8.27. The molecule has 0 radical (unpaired) electrons. The number of amides is 1. The number of carbonyl (C=O) groups is 1. The molecule has 134 valence electrons. The first kappa shape index (κ1) is 17.7. The largest absolute Gasteiger partial charge is 0.482 e. The van der Waals surface area contributed by atoms with E-state index >= 15 is 0 Å². The molecule has 0 unspecified atom stereocenters. The van der Waals surface area contributed by atoms with Gasteiger partial charge in [-0.2, -0.15) is 0 Å². The number of para-hydroxylation sites is 1. The molecule has 1 aromatic carbocycles. The Labute approximate surface area is 152 Å². The quantitative estimate of drug-likeness (QED) is 0.742. The molecule has 0 aliphatic carbocycles. The van der Waals surface area contributed by atoms with Crippen molar-refractivity contribution in [1.29, 1.82) is 0 Å². The van der Waals surface area contributed by atoms with Gasteiger partial charge < -0.3 is 10.1 Å². The fourth-order valence-corrected chi connectivity index (χ4v) is 2.63. The molecule has 0 bridgehead atoms. The van der Waals surface area contributed by atoms with Crippen molar-refractivity contribution in [1.82, 2.24) is 14.1 Å². The predicted molar refractivity (Wildman–Crippen MR) is 97.8 cm³/mol. The maximum absolute atomic E-state index is 12.2. The van der Waals surface area contributed by atoms with Gasteiger partial charge in [-0.15, -0.1) is 0 Å². The van der Waals surface area contributed by atoms with Gasteiger partial charge in [0, 0.05) is 14.1 Å². The lowest BCUT2D eigenvalue weighted by Crippen LogP contribution is -2.37. The smallest absolute Gasteiger partial charge is 0.332 e. The van der Waals surface area contributed by atoms with Crippen molar-refractivity contribution >= 4 is 34.2 Å². The first-order valence-electron chi connectivity index (χ1n) is 7.61. The molecule has 1 amide bonds. The van der Waals surface area contributed by atoms with Crippen LogP contribution in [-0.2, 0) is 18.9 Å². The number of benzene rings is 1. The monoisotopic (exact) mass is 374 g/mol. The molecule has 26 heavy (non-hydrogen) atoms. The summed E-state index contributed by atoms with van der Waals surface area (Å²) >= 11 is 5.96. The molecule has 0 saturated heterocycles. The number of hydrogen-bond acceptors (Lipinski definition) is 5. The normalized spacial score (nSPS) is 10.7. The zero-order chi connectivity index (χ0) is 18.8. The second-order valence-corrected chi connectivity index (χ2v) is 5.98. The van der Waals surface area contributed by atoms with E-state index in [2.05, 4.69) is 10.3 Å². The minimum atomic E-state index is -0.487. The summed E-state index contributed by atoms with van der Waals surface area (Å²) in [7, 11) is 2.90. The van der Waals surface area contributed by atoms with Gasteiger partial charge in [0.2, 0.25) is 0 Å². The number of halogens is 1. The number of nitrogens with one attached hydrogen (secondary N) is 1. The van der Waals surface area contributed by atoms with E-state index in [0.717, 1.165) is 4.57 Å². The van der Waals surface area contributed by atoms with Crippen LogP contribution in [-0.4, -0.2) is 26.6 Å². The summed E-state index contributed by atoms with van der Waals surface area (Å²) in [5, 5.41) is 3.22. The van der Waals surface area contributed by atoms with Gasteiger partial charge in [-0.05, 0) is 18.2 Å². The lowest BCUT2D eigenvalue weighted by Gasteiger charge is -2.10. The lowest BCUT2D eigenvalue weighted by molar-refractivity contribution is -0.118. The number of aryl methyl sites for hydroxylation is 1. The van der Waals surface area contributed by atoms with Gasteiger partial charge in [0.25, 0.3) is 11.5 Å². The molecule has 0 aliphatic rings. The molecule has 9 heteroatoms. The predicted octanol–water partition coefficient (Wildman–Crippen LogP) is 1.30. The Balaban J connectivity index is 1.81. The average Bonchev–Trinajstić information content (AvgIpc) is 2.64. The van der Waals surface area contributed by atoms with Crippen molar-refractivity contribution in [2.24, 2.45) is 14.1 Å². The third-order valence-corrected chi connectivity index (χ3v) is 4.08. The minimum Gasteiger partial charge on any atom is -0.482 e. The van der Waals surface area contributed by atoms with Crippen LogP contribution >= 0.6 is 11.6 Å². The first-order valence-corrected chi connectivity index (χ1v) is 7.99. The van der Waals surface area contributed by atoms with Gasteiger partial charge in [-0.1, -0.05) is 23.7 Å². The Kier molecular flexibility index (Phi) is 4.77. The van der Waals surface area contributed by atoms with E-state index in [0.29, 0.717) is 16.5 Å². The van der Waals surface area contributed by atoms with E-state index in [1.807, 2.05) is 0 Å². The maximum atomic E-state index is 12.2. The molecule has 0 aliphatic heterocycles. The molecule has 0 spiro atoms. The van der Waals surface area contributed by atoms with E-state index in [1.165, 1.54) is 30.9 Å². The van der Waals surface area contributed by atoms with Crippen LogP contribution in [0.25, 0.3) is 11.0 Å². The van der Waals surface area contributed by atoms with Crippen LogP contribution in [0, 0.1) is 0 Å². The van der Waals surface area contributed by atoms with Gasteiger partial charge in [0.1, 0.15) is 11.4 Å². The number of pyridine rings is 1. The fourth-order valence-electron chi connectivity index (χ4n) is 2.44. The number of anilines is 1. The summed E-state index contributed by atoms with van der Waals surface area (Å²) in [5.41, 5.74) is -0.400. The number of hydrogen-bond donors (Lipinski definition) is 1. The van der Waals surface area contributed by atoms with Crippen LogP contribution in [0.4, 0.5) is 5.69 Å². The molecule has 1 N–H and O–H groups in total. The highest BCUT2D eigenvalue weighted by Gasteiger charge is 2.12. The second-order valence-electron chi connectivity index (χ2n) is 5.57. The number of rotatable bonds is 4. The standard InChI is InChI=1S/C17H15ClN4O4/c1-21-15-11(16(24)22(2)17(21)25)7-10(8-19-15)20-14(23)9-26-13-6-4-3-5-12(13)18/h3-8H,9H2,1-2H3,(H,20,23). The van der Waals surface area contributed by atoms with Crippen LogP contribution < -0.4 is 21.3 Å². The number of ether oxygens (including phenoxy) is 1. The van der Waals surface area contributed by atoms with Gasteiger partial charge >= 0.3 is 5.69 Å². The molecule has 8 nitrogen and oxygen atoms in total. The molecule has 3 rings (SSSR count). The summed E-state index contributed by atoms with van der Waals surface area (Å²) in [6.45, 7) is -0.257. The third kappa shape index (κ3) is 3.31. The van der Waals surface area contributed by atoms with Crippen LogP contribution in [0.5, 0.6) is 5.75 Å². The molecule has 0 saturated carbocycles. The zero-order valence-electron chi connectivity index (χ0n) is 14.0. The summed E-state index contributed by atoms with van der Waals surface area (Å²) < 4.78 is 7.61. The molecule has 3 aromatic rings. The second kappa shape index (κ2) is 7.01. The van der Waals surface area contributed by atoms with Crippen molar-refractivity contribution in [3.05, 3.63) is 62.4 Å². The molecule has 0 fully saturated rings. The Hall–Kier alpha value is -3.13. The van der Waals surface area contributed by atoms with Crippen molar-refractivity contribution < 1.29 is 9.53 Å². The van der Waals surface area contributed by atoms with Crippen molar-refractivity contribution in [2.75, 3.05) is 11.9 Å². The van der Waals surface area contributed by atoms with Crippen molar-refractivity contribution in [3.63, 3.8) is 0 Å². The van der Waals surface area contributed by atoms with Crippen LogP contribution in [0.1, 0.15) is 0 Å². The van der Waals surface area contributed by atoms with Crippen molar-refractivity contribution in [2.45, 2.75) is 0 Å². The lowest BCUT2D eigenvalue weighted by atomic mass is 10.3. The van der Waals surface area contributed by atoms with Gasteiger partial charge in [0.05, 0.1) is 22.3 Å². The summed E-state index contributed by atoms with van der Waals surface area (Å²) in [6.07, 6.45) is 1.37. The Morgan fingerprint density at radius 3 is 2.69 bits per heavy atom. The third-order valence-electron chi connectivity index (χ3n) is 3.77. The first-order chi connectivity index (χ1) is 12.4.